The summed E-state index contributed by atoms with van der Waals surface area (Å²) in [6.07, 6.45) is 0.812. The van der Waals surface area contributed by atoms with E-state index < -0.39 is 5.97 Å². The van der Waals surface area contributed by atoms with Crippen molar-refractivity contribution in [2.45, 2.75) is 24.5 Å². The number of aromatic nitrogens is 3. The van der Waals surface area contributed by atoms with Crippen molar-refractivity contribution in [2.24, 2.45) is 0 Å². The molecular formula is C13H16N4O2S. The number of nitrogens with two attached hydrogens (primary N) is 1. The number of nitrogens with zero attached hydrogens (tertiary/aromatic N) is 3. The topological polar surface area (TPSA) is 94.0 Å². The Kier molecular flexibility index (Phi) is 4.62. The molecule has 1 aromatic heterocycles. The lowest BCUT2D eigenvalue weighted by molar-refractivity contribution is -0.133. The Bertz CT molecular complexity index is 585. The monoisotopic (exact) mass is 292 g/mol. The molecule has 1 unspecified atom stereocenters. The predicted molar refractivity (Wildman–Crippen MR) is 77.7 cm³/mol. The van der Waals surface area contributed by atoms with Crippen LogP contribution in [-0.2, 0) is 4.79 Å². The molecule has 0 amide bonds. The summed E-state index contributed by atoms with van der Waals surface area (Å²) in [6.45, 7) is 2.04. The second kappa shape index (κ2) is 6.42. The fraction of sp³-hybridized carbons (Fsp3) is 0.308. The molecule has 1 aromatic carbocycles. The molecule has 0 bridgehead atoms. The Morgan fingerprint density at radius 1 is 1.40 bits per heavy atom. The largest absolute Gasteiger partial charge is 0.481 e. The summed E-state index contributed by atoms with van der Waals surface area (Å²) in [4.78, 5) is 10.7. The van der Waals surface area contributed by atoms with E-state index in [1.54, 1.807) is 4.57 Å². The summed E-state index contributed by atoms with van der Waals surface area (Å²) in [7, 11) is 0. The average Bonchev–Trinajstić information content (AvgIpc) is 2.80. The van der Waals surface area contributed by atoms with E-state index in [-0.39, 0.29) is 11.8 Å². The molecular weight excluding hydrogens is 276 g/mol. The number of carbonyl (C=O) groups is 1. The molecule has 1 atom stereocenters. The van der Waals surface area contributed by atoms with Crippen LogP contribution < -0.4 is 5.73 Å². The van der Waals surface area contributed by atoms with Crippen molar-refractivity contribution < 1.29 is 9.90 Å². The van der Waals surface area contributed by atoms with E-state index in [1.807, 2.05) is 37.3 Å². The maximum Gasteiger partial charge on any atom is 0.313 e. The number of carboxylic acids is 1. The Morgan fingerprint density at radius 2 is 2.10 bits per heavy atom. The van der Waals surface area contributed by atoms with Gasteiger partial charge in [-0.15, -0.1) is 10.2 Å². The fourth-order valence-electron chi connectivity index (χ4n) is 2.05. The van der Waals surface area contributed by atoms with Crippen molar-refractivity contribution in [3.8, 4) is 0 Å². The van der Waals surface area contributed by atoms with Gasteiger partial charge in [0.25, 0.3) is 0 Å². The van der Waals surface area contributed by atoms with Gasteiger partial charge < -0.3 is 10.8 Å². The van der Waals surface area contributed by atoms with Gasteiger partial charge in [-0.05, 0) is 12.0 Å². The second-order valence-electron chi connectivity index (χ2n) is 4.23. The highest BCUT2D eigenvalue weighted by Gasteiger charge is 2.20. The molecule has 2 rings (SSSR count). The first kappa shape index (κ1) is 14.4. The zero-order valence-electron chi connectivity index (χ0n) is 11.1. The normalized spacial score (nSPS) is 12.2. The summed E-state index contributed by atoms with van der Waals surface area (Å²) in [5, 5.41) is 17.1. The van der Waals surface area contributed by atoms with Crippen molar-refractivity contribution in [1.82, 2.24) is 14.8 Å². The molecule has 0 radical (unpaired) electrons. The quantitative estimate of drug-likeness (QED) is 0.791. The van der Waals surface area contributed by atoms with Crippen molar-refractivity contribution in [3.63, 3.8) is 0 Å². The van der Waals surface area contributed by atoms with Gasteiger partial charge >= 0.3 is 5.97 Å². The highest BCUT2D eigenvalue weighted by molar-refractivity contribution is 7.99. The van der Waals surface area contributed by atoms with E-state index >= 15 is 0 Å². The molecule has 0 aliphatic rings. The molecule has 0 spiro atoms. The van der Waals surface area contributed by atoms with Crippen LogP contribution in [0.4, 0.5) is 5.95 Å². The minimum Gasteiger partial charge on any atom is -0.481 e. The minimum atomic E-state index is -0.893. The lowest BCUT2D eigenvalue weighted by Crippen LogP contribution is -2.14. The lowest BCUT2D eigenvalue weighted by Gasteiger charge is -2.19. The number of hydrogen-bond donors (Lipinski definition) is 2. The molecule has 106 valence electrons. The number of rotatable bonds is 6. The molecule has 20 heavy (non-hydrogen) atoms. The summed E-state index contributed by atoms with van der Waals surface area (Å²) in [6, 6.07) is 9.90. The Hall–Kier alpha value is -2.02. The molecule has 6 nitrogen and oxygen atoms in total. The smallest absolute Gasteiger partial charge is 0.313 e. The van der Waals surface area contributed by atoms with Crippen LogP contribution in [0.1, 0.15) is 24.9 Å². The summed E-state index contributed by atoms with van der Waals surface area (Å²) in [5.74, 6) is -0.659. The van der Waals surface area contributed by atoms with E-state index in [1.165, 1.54) is 0 Å². The van der Waals surface area contributed by atoms with Gasteiger partial charge in [0.15, 0.2) is 5.16 Å². The van der Waals surface area contributed by atoms with Crippen LogP contribution in [-0.4, -0.2) is 31.6 Å². The zero-order valence-corrected chi connectivity index (χ0v) is 11.9. The van der Waals surface area contributed by atoms with Gasteiger partial charge in [-0.25, -0.2) is 0 Å². The lowest BCUT2D eigenvalue weighted by atomic mass is 10.0. The second-order valence-corrected chi connectivity index (χ2v) is 5.17. The van der Waals surface area contributed by atoms with E-state index in [0.29, 0.717) is 11.1 Å². The third-order valence-corrected chi connectivity index (χ3v) is 3.83. The first-order valence-electron chi connectivity index (χ1n) is 6.23. The number of benzene rings is 1. The number of carboxylic acid groups (broad SMARTS) is 1. The molecule has 0 saturated heterocycles. The van der Waals surface area contributed by atoms with Crippen LogP contribution >= 0.6 is 11.8 Å². The molecule has 2 aromatic rings. The maximum absolute atomic E-state index is 10.7. The van der Waals surface area contributed by atoms with Crippen LogP contribution in [0.3, 0.4) is 0 Å². The molecule has 0 aliphatic heterocycles. The molecule has 3 N–H and O–H groups in total. The fourth-order valence-corrected chi connectivity index (χ4v) is 2.76. The van der Waals surface area contributed by atoms with E-state index in [2.05, 4.69) is 10.2 Å². The van der Waals surface area contributed by atoms with Crippen LogP contribution in [0.25, 0.3) is 0 Å². The number of hydrogen-bond acceptors (Lipinski definition) is 5. The standard InChI is InChI=1S/C13H16N4O2S/c1-2-10(9-6-4-3-5-7-9)17-12(14)15-16-13(17)20-8-11(18)19/h3-7,10H,2,8H2,1H3,(H2,14,15)(H,18,19). The maximum atomic E-state index is 10.7. The number of nitrogen functional groups attached to an aromatic ring is 1. The number of aliphatic carboxylic acids is 1. The SMILES string of the molecule is CCC(c1ccccc1)n1c(N)nnc1SCC(=O)O. The number of thioether (sulfide) groups is 1. The average molecular weight is 292 g/mol. The van der Waals surface area contributed by atoms with Gasteiger partial charge in [0, 0.05) is 0 Å². The van der Waals surface area contributed by atoms with E-state index in [4.69, 9.17) is 10.8 Å². The third-order valence-electron chi connectivity index (χ3n) is 2.90. The highest BCUT2D eigenvalue weighted by Crippen LogP contribution is 2.29. The van der Waals surface area contributed by atoms with Crippen molar-refractivity contribution in [1.29, 1.82) is 0 Å². The Balaban J connectivity index is 2.34. The van der Waals surface area contributed by atoms with Crippen LogP contribution in [0, 0.1) is 0 Å². The van der Waals surface area contributed by atoms with Crippen molar-refractivity contribution >= 4 is 23.7 Å². The van der Waals surface area contributed by atoms with Gasteiger partial charge in [0.2, 0.25) is 5.95 Å². The first-order valence-corrected chi connectivity index (χ1v) is 7.22. The molecule has 0 saturated carbocycles. The minimum absolute atomic E-state index is 0.00231. The summed E-state index contributed by atoms with van der Waals surface area (Å²) >= 11 is 1.12. The van der Waals surface area contributed by atoms with Gasteiger partial charge in [-0.1, -0.05) is 49.0 Å². The summed E-state index contributed by atoms with van der Waals surface area (Å²) in [5.41, 5.74) is 6.99. The Morgan fingerprint density at radius 3 is 2.70 bits per heavy atom. The third kappa shape index (κ3) is 3.11. The molecule has 0 aliphatic carbocycles. The van der Waals surface area contributed by atoms with Gasteiger partial charge in [-0.3, -0.25) is 9.36 Å². The van der Waals surface area contributed by atoms with Crippen LogP contribution in [0.2, 0.25) is 0 Å². The molecule has 7 heteroatoms. The summed E-state index contributed by atoms with van der Waals surface area (Å²) < 4.78 is 1.79. The van der Waals surface area contributed by atoms with Crippen LogP contribution in [0.5, 0.6) is 0 Å². The van der Waals surface area contributed by atoms with Gasteiger partial charge in [0.05, 0.1) is 11.8 Å². The highest BCUT2D eigenvalue weighted by atomic mass is 32.2. The van der Waals surface area contributed by atoms with E-state index in [9.17, 15) is 4.79 Å². The van der Waals surface area contributed by atoms with Crippen molar-refractivity contribution in [2.75, 3.05) is 11.5 Å². The molecule has 1 heterocycles. The van der Waals surface area contributed by atoms with Crippen molar-refractivity contribution in [3.05, 3.63) is 35.9 Å². The van der Waals surface area contributed by atoms with Gasteiger partial charge in [0.1, 0.15) is 0 Å². The van der Waals surface area contributed by atoms with Crippen LogP contribution in [0.15, 0.2) is 35.5 Å². The predicted octanol–water partition coefficient (Wildman–Crippen LogP) is 2.04. The zero-order chi connectivity index (χ0) is 14.5. The number of anilines is 1. The van der Waals surface area contributed by atoms with E-state index in [0.717, 1.165) is 23.7 Å². The Labute approximate surface area is 121 Å². The first-order chi connectivity index (χ1) is 9.63. The molecule has 0 fully saturated rings. The van der Waals surface area contributed by atoms with Gasteiger partial charge in [-0.2, -0.15) is 0 Å².